The maximum Gasteiger partial charge on any atom is 0.421 e. The molecule has 0 aliphatic heterocycles. The van der Waals surface area contributed by atoms with Crippen LogP contribution in [-0.2, 0) is 12.6 Å². The van der Waals surface area contributed by atoms with Crippen LogP contribution in [0.25, 0.3) is 0 Å². The molecule has 2 aromatic rings. The van der Waals surface area contributed by atoms with Gasteiger partial charge in [0.1, 0.15) is 11.3 Å². The van der Waals surface area contributed by atoms with Crippen LogP contribution in [0.5, 0.6) is 5.75 Å². The van der Waals surface area contributed by atoms with Gasteiger partial charge in [-0.05, 0) is 31.5 Å². The standard InChI is InChI=1S/C15H15F3N2O3/c1-9-12(8-20(3)19-9)13(21)23-11-6-4-10(5-7-11)14(2,22)15(16,17)18/h4-8,22H,1-3H3/t14-/m0/s1. The third-order valence-electron chi connectivity index (χ3n) is 3.41. The average Bonchev–Trinajstić information content (AvgIpc) is 2.77. The molecule has 0 fully saturated rings. The Kier molecular flexibility index (Phi) is 4.21. The second kappa shape index (κ2) is 5.69. The van der Waals surface area contributed by atoms with Crippen molar-refractivity contribution in [3.05, 3.63) is 47.3 Å². The normalized spacial score (nSPS) is 14.4. The molecule has 0 spiro atoms. The van der Waals surface area contributed by atoms with Gasteiger partial charge < -0.3 is 9.84 Å². The van der Waals surface area contributed by atoms with Crippen LogP contribution in [0.15, 0.2) is 30.5 Å². The van der Waals surface area contributed by atoms with Gasteiger partial charge in [-0.2, -0.15) is 18.3 Å². The number of aryl methyl sites for hydroxylation is 2. The summed E-state index contributed by atoms with van der Waals surface area (Å²) in [7, 11) is 1.65. The molecule has 0 aliphatic carbocycles. The van der Waals surface area contributed by atoms with Crippen LogP contribution in [0, 0.1) is 6.92 Å². The predicted molar refractivity (Wildman–Crippen MR) is 75.0 cm³/mol. The first kappa shape index (κ1) is 17.0. The minimum atomic E-state index is -4.81. The van der Waals surface area contributed by atoms with Crippen molar-refractivity contribution >= 4 is 5.97 Å². The minimum absolute atomic E-state index is 0.0694. The molecule has 5 nitrogen and oxygen atoms in total. The Morgan fingerprint density at radius 1 is 1.26 bits per heavy atom. The number of aromatic nitrogens is 2. The first-order valence-corrected chi connectivity index (χ1v) is 6.64. The Labute approximate surface area is 130 Å². The predicted octanol–water partition coefficient (Wildman–Crippen LogP) is 2.72. The molecule has 1 atom stereocenters. The van der Waals surface area contributed by atoms with E-state index in [0.29, 0.717) is 12.6 Å². The molecule has 0 unspecified atom stereocenters. The Balaban J connectivity index is 2.18. The van der Waals surface area contributed by atoms with E-state index in [1.165, 1.54) is 23.0 Å². The van der Waals surface area contributed by atoms with Gasteiger partial charge in [-0.1, -0.05) is 12.1 Å². The number of hydrogen-bond donors (Lipinski definition) is 1. The molecule has 0 saturated heterocycles. The van der Waals surface area contributed by atoms with Crippen LogP contribution in [0.4, 0.5) is 13.2 Å². The van der Waals surface area contributed by atoms with Crippen LogP contribution in [0.2, 0.25) is 0 Å². The second-order valence-corrected chi connectivity index (χ2v) is 5.29. The number of carbonyl (C=O) groups is 1. The number of carbonyl (C=O) groups excluding carboxylic acids is 1. The summed E-state index contributed by atoms with van der Waals surface area (Å²) in [6.07, 6.45) is -3.32. The van der Waals surface area contributed by atoms with Gasteiger partial charge in [0.05, 0.1) is 5.69 Å². The number of halogens is 3. The lowest BCUT2D eigenvalue weighted by Gasteiger charge is -2.26. The van der Waals surface area contributed by atoms with E-state index in [0.717, 1.165) is 12.1 Å². The summed E-state index contributed by atoms with van der Waals surface area (Å²) in [6.45, 7) is 2.30. The van der Waals surface area contributed by atoms with Gasteiger partial charge in [-0.3, -0.25) is 4.68 Å². The van der Waals surface area contributed by atoms with Crippen molar-refractivity contribution in [3.8, 4) is 5.75 Å². The van der Waals surface area contributed by atoms with Crippen molar-refractivity contribution in [2.24, 2.45) is 7.05 Å². The fraction of sp³-hybridized carbons (Fsp3) is 0.333. The van der Waals surface area contributed by atoms with Gasteiger partial charge in [0.2, 0.25) is 0 Å². The van der Waals surface area contributed by atoms with E-state index in [9.17, 15) is 23.1 Å². The van der Waals surface area contributed by atoms with Gasteiger partial charge in [-0.25, -0.2) is 4.79 Å². The minimum Gasteiger partial charge on any atom is -0.423 e. The van der Waals surface area contributed by atoms with E-state index in [-0.39, 0.29) is 16.9 Å². The molecule has 1 heterocycles. The van der Waals surface area contributed by atoms with Crippen molar-refractivity contribution in [1.29, 1.82) is 0 Å². The largest absolute Gasteiger partial charge is 0.423 e. The number of esters is 1. The molecule has 0 amide bonds. The van der Waals surface area contributed by atoms with E-state index in [2.05, 4.69) is 5.10 Å². The fourth-order valence-corrected chi connectivity index (χ4v) is 1.97. The van der Waals surface area contributed by atoms with Crippen LogP contribution in [0.1, 0.15) is 28.5 Å². The first-order valence-electron chi connectivity index (χ1n) is 6.64. The summed E-state index contributed by atoms with van der Waals surface area (Å²) >= 11 is 0. The molecule has 0 bridgehead atoms. The molecule has 0 saturated carbocycles. The lowest BCUT2D eigenvalue weighted by atomic mass is 9.95. The molecular weight excluding hydrogens is 313 g/mol. The zero-order valence-corrected chi connectivity index (χ0v) is 12.7. The monoisotopic (exact) mass is 328 g/mol. The Hall–Kier alpha value is -2.35. The third kappa shape index (κ3) is 3.37. The molecule has 1 aromatic heterocycles. The summed E-state index contributed by atoms with van der Waals surface area (Å²) in [5, 5.41) is 13.6. The molecule has 124 valence electrons. The van der Waals surface area contributed by atoms with Crippen LogP contribution in [-0.4, -0.2) is 27.0 Å². The summed E-state index contributed by atoms with van der Waals surface area (Å²) in [4.78, 5) is 12.0. The topological polar surface area (TPSA) is 64.4 Å². The Morgan fingerprint density at radius 2 is 1.83 bits per heavy atom. The second-order valence-electron chi connectivity index (χ2n) is 5.29. The highest BCUT2D eigenvalue weighted by Crippen LogP contribution is 2.38. The smallest absolute Gasteiger partial charge is 0.421 e. The summed E-state index contributed by atoms with van der Waals surface area (Å²) in [5.74, 6) is -0.592. The van der Waals surface area contributed by atoms with E-state index in [1.807, 2.05) is 0 Å². The number of alkyl halides is 3. The number of hydrogen-bond acceptors (Lipinski definition) is 4. The SMILES string of the molecule is Cc1nn(C)cc1C(=O)Oc1ccc([C@](C)(O)C(F)(F)F)cc1. The molecule has 0 radical (unpaired) electrons. The summed E-state index contributed by atoms with van der Waals surface area (Å²) in [6, 6.07) is 4.51. The van der Waals surface area contributed by atoms with Crippen molar-refractivity contribution in [3.63, 3.8) is 0 Å². The number of ether oxygens (including phenoxy) is 1. The highest BCUT2D eigenvalue weighted by molar-refractivity contribution is 5.91. The van der Waals surface area contributed by atoms with Gasteiger partial charge in [-0.15, -0.1) is 0 Å². The lowest BCUT2D eigenvalue weighted by Crippen LogP contribution is -2.39. The lowest BCUT2D eigenvalue weighted by molar-refractivity contribution is -0.258. The van der Waals surface area contributed by atoms with Crippen molar-refractivity contribution < 1.29 is 27.8 Å². The van der Waals surface area contributed by atoms with E-state index < -0.39 is 17.7 Å². The third-order valence-corrected chi connectivity index (χ3v) is 3.41. The van der Waals surface area contributed by atoms with Crippen LogP contribution >= 0.6 is 0 Å². The maximum atomic E-state index is 12.8. The fourth-order valence-electron chi connectivity index (χ4n) is 1.97. The number of nitrogens with zero attached hydrogens (tertiary/aromatic N) is 2. The highest BCUT2D eigenvalue weighted by Gasteiger charge is 2.51. The first-order chi connectivity index (χ1) is 10.5. The average molecular weight is 328 g/mol. The van der Waals surface area contributed by atoms with E-state index in [4.69, 9.17) is 4.74 Å². The zero-order chi connectivity index (χ0) is 17.4. The Bertz CT molecular complexity index is 719. The molecule has 0 aliphatic rings. The molecule has 1 N–H and O–H groups in total. The van der Waals surface area contributed by atoms with E-state index >= 15 is 0 Å². The molecule has 8 heteroatoms. The van der Waals surface area contributed by atoms with Gasteiger partial charge in [0.25, 0.3) is 0 Å². The van der Waals surface area contributed by atoms with Crippen molar-refractivity contribution in [2.45, 2.75) is 25.6 Å². The molecule has 2 rings (SSSR count). The van der Waals surface area contributed by atoms with Crippen molar-refractivity contribution in [1.82, 2.24) is 9.78 Å². The molecular formula is C15H15F3N2O3. The van der Waals surface area contributed by atoms with Gasteiger partial charge in [0, 0.05) is 13.2 Å². The highest BCUT2D eigenvalue weighted by atomic mass is 19.4. The van der Waals surface area contributed by atoms with E-state index in [1.54, 1.807) is 14.0 Å². The summed E-state index contributed by atoms with van der Waals surface area (Å²) in [5.41, 5.74) is -2.58. The number of rotatable bonds is 3. The maximum absolute atomic E-state index is 12.8. The summed E-state index contributed by atoms with van der Waals surface area (Å²) < 4.78 is 44.8. The number of aliphatic hydroxyl groups is 1. The zero-order valence-electron chi connectivity index (χ0n) is 12.7. The van der Waals surface area contributed by atoms with Crippen LogP contribution in [0.3, 0.4) is 0 Å². The van der Waals surface area contributed by atoms with Gasteiger partial charge >= 0.3 is 12.1 Å². The molecule has 23 heavy (non-hydrogen) atoms. The van der Waals surface area contributed by atoms with Crippen LogP contribution < -0.4 is 4.74 Å². The molecule has 1 aromatic carbocycles. The Morgan fingerprint density at radius 3 is 2.26 bits per heavy atom. The quantitative estimate of drug-likeness (QED) is 0.695. The van der Waals surface area contributed by atoms with Crippen molar-refractivity contribution in [2.75, 3.05) is 0 Å². The number of benzene rings is 1. The van der Waals surface area contributed by atoms with Gasteiger partial charge in [0.15, 0.2) is 5.60 Å².